The Balaban J connectivity index is 3.31. The molecule has 5 heteroatoms. The summed E-state index contributed by atoms with van der Waals surface area (Å²) >= 11 is 0. The van der Waals surface area contributed by atoms with Crippen molar-refractivity contribution in [3.8, 4) is 0 Å². The van der Waals surface area contributed by atoms with Crippen LogP contribution in [0.5, 0.6) is 0 Å². The largest absolute Gasteiger partial charge is 0.481 e. The number of hydrogen-bond acceptors (Lipinski definition) is 4. The number of aliphatic hydroxyl groups excluding tert-OH is 1. The summed E-state index contributed by atoms with van der Waals surface area (Å²) in [6, 6.07) is 0. The monoisotopic (exact) mass is 202 g/mol. The van der Waals surface area contributed by atoms with E-state index in [-0.39, 0.29) is 12.8 Å². The average Bonchev–Trinajstić information content (AvgIpc) is 2.08. The molecule has 0 saturated heterocycles. The lowest BCUT2D eigenvalue weighted by Gasteiger charge is -2.03. The van der Waals surface area contributed by atoms with Crippen molar-refractivity contribution < 1.29 is 24.5 Å². The molecule has 0 aliphatic rings. The zero-order valence-electron chi connectivity index (χ0n) is 8.02. The van der Waals surface area contributed by atoms with E-state index in [0.29, 0.717) is 12.8 Å². The summed E-state index contributed by atoms with van der Waals surface area (Å²) in [5.74, 6) is -1.38. The Hall–Kier alpha value is -1.10. The first-order chi connectivity index (χ1) is 6.52. The van der Waals surface area contributed by atoms with Crippen molar-refractivity contribution >= 4 is 11.9 Å². The Labute approximate surface area is 82.7 Å². The van der Waals surface area contributed by atoms with Crippen molar-refractivity contribution in [3.63, 3.8) is 0 Å². The second kappa shape index (κ2) is 7.32. The molecule has 80 valence electrons. The third kappa shape index (κ3) is 8.99. The van der Waals surface area contributed by atoms with Gasteiger partial charge in [0.1, 0.15) is 0 Å². The number of hydrogen-bond donors (Lipinski definition) is 2. The molecule has 0 aliphatic carbocycles. The molecule has 0 amide bonds. The van der Waals surface area contributed by atoms with Gasteiger partial charge in [-0.05, 0) is 19.8 Å². The van der Waals surface area contributed by atoms with E-state index in [1.807, 2.05) is 0 Å². The molecule has 0 fully saturated rings. The number of carboxylic acid groups (broad SMARTS) is 1. The summed E-state index contributed by atoms with van der Waals surface area (Å²) < 4.78 is 4.42. The van der Waals surface area contributed by atoms with Gasteiger partial charge in [-0.15, -0.1) is 0 Å². The predicted molar refractivity (Wildman–Crippen MR) is 47.1 cm³/mol. The van der Waals surface area contributed by atoms with Gasteiger partial charge in [-0.3, -0.25) is 9.59 Å². The number of esters is 1. The summed E-state index contributed by atoms with van der Waals surface area (Å²) in [6.45, 7) is 3.50. The Bertz CT molecular complexity index is 188. The maximum Gasteiger partial charge on any atom is 0.306 e. The Morgan fingerprint density at radius 2 is 1.93 bits per heavy atom. The highest BCUT2D eigenvalue weighted by molar-refractivity contribution is 5.70. The number of aliphatic hydroxyl groups is 1. The number of carboxylic acids is 1. The van der Waals surface area contributed by atoms with Gasteiger partial charge >= 0.3 is 11.9 Å². The van der Waals surface area contributed by atoms with E-state index in [4.69, 9.17) is 10.2 Å². The van der Waals surface area contributed by atoms with Gasteiger partial charge in [-0.1, -0.05) is 0 Å². The van der Waals surface area contributed by atoms with Crippen LogP contribution in [0.2, 0.25) is 0 Å². The van der Waals surface area contributed by atoms with Gasteiger partial charge in [0.2, 0.25) is 6.61 Å². The lowest BCUT2D eigenvalue weighted by atomic mass is 10.2. The fourth-order valence-corrected chi connectivity index (χ4v) is 0.748. The molecule has 0 aromatic heterocycles. The molecular formula is C9H14O5. The molecule has 1 atom stereocenters. The van der Waals surface area contributed by atoms with Gasteiger partial charge in [0.15, 0.2) is 0 Å². The van der Waals surface area contributed by atoms with Crippen molar-refractivity contribution in [3.05, 3.63) is 6.61 Å². The van der Waals surface area contributed by atoms with Crippen LogP contribution in [0.25, 0.3) is 0 Å². The third-order valence-electron chi connectivity index (χ3n) is 1.36. The zero-order chi connectivity index (χ0) is 11.0. The molecule has 2 radical (unpaired) electrons. The third-order valence-corrected chi connectivity index (χ3v) is 1.36. The SMILES string of the molecule is CC(O)[C]OC(=O)CCCCC(=O)O. The van der Waals surface area contributed by atoms with Crippen LogP contribution in [0.3, 0.4) is 0 Å². The molecule has 14 heavy (non-hydrogen) atoms. The van der Waals surface area contributed by atoms with Crippen LogP contribution in [-0.2, 0) is 14.3 Å². The van der Waals surface area contributed by atoms with Crippen LogP contribution in [-0.4, -0.2) is 28.3 Å². The van der Waals surface area contributed by atoms with E-state index in [1.165, 1.54) is 6.92 Å². The molecule has 0 saturated carbocycles. The summed E-state index contributed by atoms with van der Waals surface area (Å²) in [4.78, 5) is 20.9. The van der Waals surface area contributed by atoms with Crippen LogP contribution >= 0.6 is 0 Å². The molecule has 0 heterocycles. The van der Waals surface area contributed by atoms with Crippen molar-refractivity contribution in [2.45, 2.75) is 38.7 Å². The number of rotatable bonds is 7. The van der Waals surface area contributed by atoms with Gasteiger partial charge in [0.05, 0.1) is 6.10 Å². The minimum atomic E-state index is -0.905. The van der Waals surface area contributed by atoms with E-state index in [9.17, 15) is 9.59 Å². The van der Waals surface area contributed by atoms with E-state index in [1.54, 1.807) is 0 Å². The smallest absolute Gasteiger partial charge is 0.306 e. The number of aliphatic carboxylic acids is 1. The second-order valence-corrected chi connectivity index (χ2v) is 2.87. The first kappa shape index (κ1) is 12.9. The standard InChI is InChI=1S/C9H14O5/c1-7(10)6-14-9(13)5-3-2-4-8(11)12/h7,10H,2-5H2,1H3,(H,11,12). The lowest BCUT2D eigenvalue weighted by molar-refractivity contribution is -0.142. The van der Waals surface area contributed by atoms with Gasteiger partial charge < -0.3 is 14.9 Å². The van der Waals surface area contributed by atoms with Crippen LogP contribution in [0.15, 0.2) is 0 Å². The van der Waals surface area contributed by atoms with Gasteiger partial charge in [0, 0.05) is 12.8 Å². The number of ether oxygens (including phenoxy) is 1. The van der Waals surface area contributed by atoms with Crippen LogP contribution < -0.4 is 0 Å². The molecule has 0 aliphatic heterocycles. The van der Waals surface area contributed by atoms with E-state index < -0.39 is 18.0 Å². The molecular weight excluding hydrogens is 188 g/mol. The first-order valence-electron chi connectivity index (χ1n) is 4.37. The molecule has 0 aromatic rings. The lowest BCUT2D eigenvalue weighted by Crippen LogP contribution is -2.09. The Morgan fingerprint density at radius 3 is 2.43 bits per heavy atom. The number of carbonyl (C=O) groups is 2. The van der Waals surface area contributed by atoms with Crippen molar-refractivity contribution in [2.24, 2.45) is 0 Å². The molecule has 0 rings (SSSR count). The van der Waals surface area contributed by atoms with Crippen LogP contribution in [0.1, 0.15) is 32.6 Å². The maximum absolute atomic E-state index is 10.8. The quantitative estimate of drug-likeness (QED) is 0.466. The summed E-state index contributed by atoms with van der Waals surface area (Å²) in [5, 5.41) is 17.0. The number of carbonyl (C=O) groups excluding carboxylic acids is 1. The Kier molecular flexibility index (Phi) is 6.74. The topological polar surface area (TPSA) is 83.8 Å². The Morgan fingerprint density at radius 1 is 1.36 bits per heavy atom. The highest BCUT2D eigenvalue weighted by Crippen LogP contribution is 2.02. The first-order valence-corrected chi connectivity index (χ1v) is 4.37. The van der Waals surface area contributed by atoms with Gasteiger partial charge in [0.25, 0.3) is 0 Å². The van der Waals surface area contributed by atoms with Gasteiger partial charge in [-0.2, -0.15) is 0 Å². The zero-order valence-corrected chi connectivity index (χ0v) is 8.02. The van der Waals surface area contributed by atoms with Crippen LogP contribution in [0.4, 0.5) is 0 Å². The average molecular weight is 202 g/mol. The van der Waals surface area contributed by atoms with E-state index in [2.05, 4.69) is 11.3 Å². The highest BCUT2D eigenvalue weighted by Gasteiger charge is 2.07. The summed E-state index contributed by atoms with van der Waals surface area (Å²) in [7, 11) is 0. The minimum Gasteiger partial charge on any atom is -0.481 e. The fourth-order valence-electron chi connectivity index (χ4n) is 0.748. The molecule has 0 spiro atoms. The minimum absolute atomic E-state index is 0.0527. The summed E-state index contributed by atoms with van der Waals surface area (Å²) in [5.41, 5.74) is 0. The van der Waals surface area contributed by atoms with Gasteiger partial charge in [-0.25, -0.2) is 0 Å². The predicted octanol–water partition coefficient (Wildman–Crippen LogP) is 0.594. The number of unbranched alkanes of at least 4 members (excludes halogenated alkanes) is 1. The molecule has 5 nitrogen and oxygen atoms in total. The van der Waals surface area contributed by atoms with Crippen molar-refractivity contribution in [2.75, 3.05) is 0 Å². The molecule has 2 N–H and O–H groups in total. The summed E-state index contributed by atoms with van der Waals surface area (Å²) in [6.07, 6.45) is 0.202. The van der Waals surface area contributed by atoms with Crippen molar-refractivity contribution in [1.29, 1.82) is 0 Å². The van der Waals surface area contributed by atoms with E-state index in [0.717, 1.165) is 0 Å². The molecule has 0 aromatic carbocycles. The second-order valence-electron chi connectivity index (χ2n) is 2.87. The fraction of sp³-hybridized carbons (Fsp3) is 0.667. The molecule has 0 bridgehead atoms. The van der Waals surface area contributed by atoms with Crippen molar-refractivity contribution in [1.82, 2.24) is 0 Å². The maximum atomic E-state index is 10.8. The van der Waals surface area contributed by atoms with Crippen LogP contribution in [0, 0.1) is 6.61 Å². The highest BCUT2D eigenvalue weighted by atomic mass is 16.5. The van der Waals surface area contributed by atoms with E-state index >= 15 is 0 Å². The normalized spacial score (nSPS) is 12.1. The molecule has 1 unspecified atom stereocenters.